The molecular weight excluding hydrogens is 432 g/mol. The van der Waals surface area contributed by atoms with Crippen LogP contribution in [0.5, 0.6) is 11.5 Å². The molecule has 1 aromatic carbocycles. The number of ether oxygens (including phenoxy) is 2. The molecule has 32 heavy (non-hydrogen) atoms. The number of carbonyl (C=O) groups excluding carboxylic acids is 1. The second-order valence-corrected chi connectivity index (χ2v) is 10.5. The third-order valence-electron chi connectivity index (χ3n) is 6.64. The second kappa shape index (κ2) is 10.8. The normalized spacial score (nSPS) is 20.2. The SMILES string of the molecule is COc1ccc(OC)c(NC(=O)C(C)N2CCN(S(=O)(=O)N(C)C3CCCCC3)CC2)c1. The number of amides is 1. The molecule has 1 saturated heterocycles. The van der Waals surface area contributed by atoms with E-state index in [1.54, 1.807) is 48.1 Å². The summed E-state index contributed by atoms with van der Waals surface area (Å²) >= 11 is 0. The zero-order valence-corrected chi connectivity index (χ0v) is 20.4. The van der Waals surface area contributed by atoms with Gasteiger partial charge in [0.05, 0.1) is 25.9 Å². The van der Waals surface area contributed by atoms with E-state index < -0.39 is 16.3 Å². The fraction of sp³-hybridized carbons (Fsp3) is 0.682. The van der Waals surface area contributed by atoms with Crippen LogP contribution in [0.4, 0.5) is 5.69 Å². The summed E-state index contributed by atoms with van der Waals surface area (Å²) in [4.78, 5) is 14.9. The van der Waals surface area contributed by atoms with Crippen LogP contribution in [0.2, 0.25) is 0 Å². The molecule has 1 atom stereocenters. The third kappa shape index (κ3) is 5.54. The summed E-state index contributed by atoms with van der Waals surface area (Å²) in [5.74, 6) is 0.995. The van der Waals surface area contributed by atoms with E-state index in [-0.39, 0.29) is 11.9 Å². The molecule has 10 heteroatoms. The van der Waals surface area contributed by atoms with E-state index in [2.05, 4.69) is 5.32 Å². The second-order valence-electron chi connectivity index (χ2n) is 8.48. The first-order chi connectivity index (χ1) is 15.3. The predicted molar refractivity (Wildman–Crippen MR) is 124 cm³/mol. The molecule has 3 rings (SSSR count). The summed E-state index contributed by atoms with van der Waals surface area (Å²) in [5, 5.41) is 2.91. The van der Waals surface area contributed by atoms with Crippen molar-refractivity contribution < 1.29 is 22.7 Å². The smallest absolute Gasteiger partial charge is 0.282 e. The Morgan fingerprint density at radius 3 is 2.34 bits per heavy atom. The number of carbonyl (C=O) groups is 1. The van der Waals surface area contributed by atoms with Crippen molar-refractivity contribution in [3.05, 3.63) is 18.2 Å². The minimum atomic E-state index is -3.49. The monoisotopic (exact) mass is 468 g/mol. The summed E-state index contributed by atoms with van der Waals surface area (Å²) in [6.07, 6.45) is 5.22. The lowest BCUT2D eigenvalue weighted by atomic mass is 9.96. The minimum absolute atomic E-state index is 0.0920. The van der Waals surface area contributed by atoms with Crippen LogP contribution in [0.1, 0.15) is 39.0 Å². The van der Waals surface area contributed by atoms with E-state index in [1.807, 2.05) is 11.8 Å². The van der Waals surface area contributed by atoms with E-state index in [1.165, 1.54) is 6.42 Å². The zero-order valence-electron chi connectivity index (χ0n) is 19.5. The standard InChI is InChI=1S/C22H36N4O5S/c1-17(22(27)23-20-16-19(30-3)10-11-21(20)31-4)25-12-14-26(15-13-25)32(28,29)24(2)18-8-6-5-7-9-18/h10-11,16-18H,5-9,12-15H2,1-4H3,(H,23,27). The van der Waals surface area contributed by atoms with Crippen LogP contribution in [0, 0.1) is 0 Å². The molecule has 1 saturated carbocycles. The van der Waals surface area contributed by atoms with Crippen molar-refractivity contribution in [2.45, 2.75) is 51.1 Å². The average molecular weight is 469 g/mol. The summed E-state index contributed by atoms with van der Waals surface area (Å²) in [6, 6.07) is 4.91. The molecule has 0 radical (unpaired) electrons. The number of anilines is 1. The summed E-state index contributed by atoms with van der Waals surface area (Å²) in [6.45, 7) is 3.59. The van der Waals surface area contributed by atoms with Gasteiger partial charge in [0.25, 0.3) is 10.2 Å². The number of piperazine rings is 1. The van der Waals surface area contributed by atoms with Gasteiger partial charge >= 0.3 is 0 Å². The van der Waals surface area contributed by atoms with Crippen molar-refractivity contribution in [2.24, 2.45) is 0 Å². The highest BCUT2D eigenvalue weighted by molar-refractivity contribution is 7.86. The predicted octanol–water partition coefficient (Wildman–Crippen LogP) is 2.16. The van der Waals surface area contributed by atoms with E-state index in [0.717, 1.165) is 25.7 Å². The van der Waals surface area contributed by atoms with Crippen molar-refractivity contribution in [1.29, 1.82) is 0 Å². The molecule has 1 amide bonds. The lowest BCUT2D eigenvalue weighted by Gasteiger charge is -2.40. The summed E-state index contributed by atoms with van der Waals surface area (Å²) in [5.41, 5.74) is 0.541. The fourth-order valence-electron chi connectivity index (χ4n) is 4.45. The Morgan fingerprint density at radius 2 is 1.75 bits per heavy atom. The van der Waals surface area contributed by atoms with Gasteiger partial charge in [-0.05, 0) is 31.9 Å². The first-order valence-electron chi connectivity index (χ1n) is 11.3. The Bertz CT molecular complexity index is 880. The number of benzene rings is 1. The fourth-order valence-corrected chi connectivity index (χ4v) is 6.03. The first kappa shape index (κ1) is 24.8. The average Bonchev–Trinajstić information content (AvgIpc) is 2.83. The number of methoxy groups -OCH3 is 2. The van der Waals surface area contributed by atoms with Gasteiger partial charge in [-0.25, -0.2) is 0 Å². The van der Waals surface area contributed by atoms with Crippen LogP contribution in [-0.4, -0.2) is 87.4 Å². The number of nitrogens with one attached hydrogen (secondary N) is 1. The molecule has 1 unspecified atom stereocenters. The molecule has 1 heterocycles. The van der Waals surface area contributed by atoms with Crippen molar-refractivity contribution in [3.8, 4) is 11.5 Å². The maximum Gasteiger partial charge on any atom is 0.282 e. The Labute approximate surface area is 191 Å². The van der Waals surface area contributed by atoms with Crippen LogP contribution >= 0.6 is 0 Å². The van der Waals surface area contributed by atoms with Crippen LogP contribution in [0.3, 0.4) is 0 Å². The Hall–Kier alpha value is -1.88. The molecule has 1 aromatic rings. The molecule has 9 nitrogen and oxygen atoms in total. The van der Waals surface area contributed by atoms with Crippen molar-refractivity contribution in [2.75, 3.05) is 52.8 Å². The van der Waals surface area contributed by atoms with Gasteiger partial charge in [-0.15, -0.1) is 0 Å². The largest absolute Gasteiger partial charge is 0.497 e. The van der Waals surface area contributed by atoms with Crippen LogP contribution in [-0.2, 0) is 15.0 Å². The molecule has 0 bridgehead atoms. The molecular formula is C22H36N4O5S. The van der Waals surface area contributed by atoms with E-state index in [0.29, 0.717) is 43.4 Å². The number of hydrogen-bond donors (Lipinski definition) is 1. The minimum Gasteiger partial charge on any atom is -0.497 e. The van der Waals surface area contributed by atoms with Crippen molar-refractivity contribution in [1.82, 2.24) is 13.5 Å². The molecule has 2 fully saturated rings. The molecule has 180 valence electrons. The Morgan fingerprint density at radius 1 is 1.09 bits per heavy atom. The van der Waals surface area contributed by atoms with Gasteiger partial charge in [-0.3, -0.25) is 9.69 Å². The molecule has 1 N–H and O–H groups in total. The van der Waals surface area contributed by atoms with Gasteiger partial charge in [0.2, 0.25) is 5.91 Å². The summed E-state index contributed by atoms with van der Waals surface area (Å²) in [7, 11) is 1.33. The van der Waals surface area contributed by atoms with Gasteiger partial charge in [-0.2, -0.15) is 17.0 Å². The third-order valence-corrected chi connectivity index (χ3v) is 8.69. The van der Waals surface area contributed by atoms with Crippen LogP contribution in [0.15, 0.2) is 18.2 Å². The van der Waals surface area contributed by atoms with E-state index in [9.17, 15) is 13.2 Å². The lowest BCUT2D eigenvalue weighted by molar-refractivity contribution is -0.121. The van der Waals surface area contributed by atoms with Gasteiger partial charge in [0.1, 0.15) is 11.5 Å². The van der Waals surface area contributed by atoms with Crippen LogP contribution < -0.4 is 14.8 Å². The first-order valence-corrected chi connectivity index (χ1v) is 12.7. The van der Waals surface area contributed by atoms with Gasteiger partial charge in [0.15, 0.2) is 0 Å². The maximum absolute atomic E-state index is 13.1. The Kier molecular flexibility index (Phi) is 8.37. The van der Waals surface area contributed by atoms with Gasteiger partial charge in [0, 0.05) is 45.3 Å². The number of hydrogen-bond acceptors (Lipinski definition) is 6. The van der Waals surface area contributed by atoms with Crippen molar-refractivity contribution >= 4 is 21.8 Å². The molecule has 1 aliphatic carbocycles. The quantitative estimate of drug-likeness (QED) is 0.629. The van der Waals surface area contributed by atoms with Gasteiger partial charge < -0.3 is 14.8 Å². The molecule has 2 aliphatic rings. The summed E-state index contributed by atoms with van der Waals surface area (Å²) < 4.78 is 39.9. The van der Waals surface area contributed by atoms with Crippen LogP contribution in [0.25, 0.3) is 0 Å². The maximum atomic E-state index is 13.1. The molecule has 0 spiro atoms. The number of nitrogens with zero attached hydrogens (tertiary/aromatic N) is 3. The Balaban J connectivity index is 1.58. The highest BCUT2D eigenvalue weighted by atomic mass is 32.2. The highest BCUT2D eigenvalue weighted by Crippen LogP contribution is 2.29. The number of rotatable bonds is 8. The molecule has 1 aliphatic heterocycles. The topological polar surface area (TPSA) is 91.4 Å². The molecule has 0 aromatic heterocycles. The van der Waals surface area contributed by atoms with E-state index in [4.69, 9.17) is 9.47 Å². The lowest BCUT2D eigenvalue weighted by Crippen LogP contribution is -2.57. The highest BCUT2D eigenvalue weighted by Gasteiger charge is 2.36. The van der Waals surface area contributed by atoms with E-state index >= 15 is 0 Å². The zero-order chi connectivity index (χ0) is 23.3. The van der Waals surface area contributed by atoms with Crippen molar-refractivity contribution in [3.63, 3.8) is 0 Å². The van der Waals surface area contributed by atoms with Gasteiger partial charge in [-0.1, -0.05) is 19.3 Å².